The Bertz CT molecular complexity index is 488. The molecule has 0 aromatic heterocycles. The van der Waals surface area contributed by atoms with Crippen molar-refractivity contribution < 1.29 is 9.90 Å². The third kappa shape index (κ3) is 5.10. The zero-order chi connectivity index (χ0) is 14.1. The summed E-state index contributed by atoms with van der Waals surface area (Å²) < 4.78 is 0. The van der Waals surface area contributed by atoms with Gasteiger partial charge in [-0.05, 0) is 30.7 Å². The van der Waals surface area contributed by atoms with Crippen LogP contribution >= 0.6 is 0 Å². The Labute approximate surface area is 111 Å². The van der Waals surface area contributed by atoms with Gasteiger partial charge in [-0.15, -0.1) is 0 Å². The molecule has 0 saturated carbocycles. The molecule has 0 atom stereocenters. The number of nitrogens with zero attached hydrogens (tertiary/aromatic N) is 1. The number of nitrogen functional groups attached to an aromatic ring is 1. The number of amides is 1. The summed E-state index contributed by atoms with van der Waals surface area (Å²) in [6.07, 6.45) is 1.89. The number of carbonyl (C=O) groups excluding carboxylic acids is 1. The Morgan fingerprint density at radius 3 is 2.68 bits per heavy atom. The van der Waals surface area contributed by atoms with Crippen molar-refractivity contribution in [1.82, 2.24) is 5.32 Å². The Morgan fingerprint density at radius 2 is 2.11 bits per heavy atom. The maximum absolute atomic E-state index is 11.8. The lowest BCUT2D eigenvalue weighted by Crippen LogP contribution is -2.17. The third-order valence-corrected chi connectivity index (χ3v) is 2.26. The van der Waals surface area contributed by atoms with Crippen LogP contribution in [0.1, 0.15) is 6.42 Å². The van der Waals surface area contributed by atoms with Crippen molar-refractivity contribution in [3.8, 4) is 6.07 Å². The molecular weight excluding hydrogens is 244 g/mol. The van der Waals surface area contributed by atoms with Crippen LogP contribution in [0.3, 0.4) is 0 Å². The number of hydrogen-bond acceptors (Lipinski definition) is 5. The molecule has 100 valence electrons. The Hall–Kier alpha value is -2.52. The Balaban J connectivity index is 2.59. The van der Waals surface area contributed by atoms with E-state index in [0.29, 0.717) is 24.3 Å². The number of nitriles is 1. The average Bonchev–Trinajstić information content (AvgIpc) is 2.41. The van der Waals surface area contributed by atoms with E-state index in [1.165, 1.54) is 6.20 Å². The summed E-state index contributed by atoms with van der Waals surface area (Å²) >= 11 is 0. The highest BCUT2D eigenvalue weighted by Gasteiger charge is 2.08. The third-order valence-electron chi connectivity index (χ3n) is 2.26. The molecule has 0 aliphatic heterocycles. The lowest BCUT2D eigenvalue weighted by atomic mass is 10.2. The first-order valence-corrected chi connectivity index (χ1v) is 5.78. The van der Waals surface area contributed by atoms with E-state index in [1.807, 2.05) is 6.07 Å². The monoisotopic (exact) mass is 260 g/mol. The number of carbonyl (C=O) groups is 1. The minimum Gasteiger partial charge on any atom is -0.399 e. The first kappa shape index (κ1) is 14.5. The van der Waals surface area contributed by atoms with Gasteiger partial charge in [0.1, 0.15) is 11.6 Å². The van der Waals surface area contributed by atoms with Gasteiger partial charge in [0.25, 0.3) is 5.91 Å². The Kier molecular flexibility index (Phi) is 5.92. The number of nitrogens with two attached hydrogens (primary N) is 1. The Morgan fingerprint density at radius 1 is 1.42 bits per heavy atom. The van der Waals surface area contributed by atoms with E-state index in [4.69, 9.17) is 16.1 Å². The number of hydrogen-bond donors (Lipinski definition) is 4. The van der Waals surface area contributed by atoms with E-state index >= 15 is 0 Å². The minimum absolute atomic E-state index is 0.0326. The van der Waals surface area contributed by atoms with Gasteiger partial charge in [-0.1, -0.05) is 0 Å². The second kappa shape index (κ2) is 7.74. The topological polar surface area (TPSA) is 111 Å². The quantitative estimate of drug-likeness (QED) is 0.259. The molecule has 0 unspecified atom stereocenters. The molecule has 0 aliphatic rings. The van der Waals surface area contributed by atoms with E-state index in [-0.39, 0.29) is 12.2 Å². The second-order valence-corrected chi connectivity index (χ2v) is 3.78. The van der Waals surface area contributed by atoms with Gasteiger partial charge in [-0.2, -0.15) is 5.26 Å². The summed E-state index contributed by atoms with van der Waals surface area (Å²) in [6, 6.07) is 8.43. The molecule has 5 N–H and O–H groups in total. The molecule has 0 saturated heterocycles. The molecule has 0 spiro atoms. The smallest absolute Gasteiger partial charge is 0.267 e. The summed E-state index contributed by atoms with van der Waals surface area (Å²) in [5.41, 5.74) is 6.66. The molecule has 1 aromatic carbocycles. The second-order valence-electron chi connectivity index (χ2n) is 3.78. The number of anilines is 2. The van der Waals surface area contributed by atoms with Crippen molar-refractivity contribution in [3.63, 3.8) is 0 Å². The van der Waals surface area contributed by atoms with Crippen molar-refractivity contribution in [2.75, 3.05) is 24.2 Å². The number of benzene rings is 1. The summed E-state index contributed by atoms with van der Waals surface area (Å²) in [7, 11) is 0. The predicted molar refractivity (Wildman–Crippen MR) is 72.9 cm³/mol. The molecular formula is C13H16N4O2. The van der Waals surface area contributed by atoms with E-state index in [0.717, 1.165) is 0 Å². The largest absolute Gasteiger partial charge is 0.399 e. The van der Waals surface area contributed by atoms with Crippen LogP contribution in [0.15, 0.2) is 36.0 Å². The lowest BCUT2D eigenvalue weighted by molar-refractivity contribution is -0.112. The first-order chi connectivity index (χ1) is 9.17. The number of aliphatic hydroxyl groups is 1. The van der Waals surface area contributed by atoms with Crippen LogP contribution in [0.2, 0.25) is 0 Å². The lowest BCUT2D eigenvalue weighted by Gasteiger charge is -2.05. The standard InChI is InChI=1S/C13H16N4O2/c14-8-10(9-16-6-1-7-18)13(19)17-12-4-2-11(15)3-5-12/h2-5,9,16,18H,1,6-7,15H2,(H,17,19)/b10-9-. The fourth-order valence-electron chi connectivity index (χ4n) is 1.27. The SMILES string of the molecule is N#C/C(=C/NCCCO)C(=O)Nc1ccc(N)cc1. The molecule has 0 bridgehead atoms. The molecule has 6 heteroatoms. The van der Waals surface area contributed by atoms with Gasteiger partial charge in [0.15, 0.2) is 0 Å². The number of aliphatic hydroxyl groups excluding tert-OH is 1. The summed E-state index contributed by atoms with van der Waals surface area (Å²) in [5, 5.41) is 22.9. The minimum atomic E-state index is -0.497. The molecule has 1 aromatic rings. The van der Waals surface area contributed by atoms with Gasteiger partial charge < -0.3 is 21.5 Å². The van der Waals surface area contributed by atoms with Crippen LogP contribution in [0.4, 0.5) is 11.4 Å². The van der Waals surface area contributed by atoms with Gasteiger partial charge >= 0.3 is 0 Å². The van der Waals surface area contributed by atoms with Gasteiger partial charge in [-0.3, -0.25) is 4.79 Å². The van der Waals surface area contributed by atoms with Crippen molar-refractivity contribution in [1.29, 1.82) is 5.26 Å². The fraction of sp³-hybridized carbons (Fsp3) is 0.231. The van der Waals surface area contributed by atoms with Gasteiger partial charge in [0.2, 0.25) is 0 Å². The van der Waals surface area contributed by atoms with Crippen molar-refractivity contribution >= 4 is 17.3 Å². The number of nitrogens with one attached hydrogen (secondary N) is 2. The maximum Gasteiger partial charge on any atom is 0.267 e. The molecule has 0 heterocycles. The first-order valence-electron chi connectivity index (χ1n) is 5.78. The fourth-order valence-corrected chi connectivity index (χ4v) is 1.27. The van der Waals surface area contributed by atoms with E-state index in [1.54, 1.807) is 24.3 Å². The predicted octanol–water partition coefficient (Wildman–Crippen LogP) is 0.587. The number of rotatable bonds is 6. The van der Waals surface area contributed by atoms with Crippen LogP contribution < -0.4 is 16.4 Å². The highest BCUT2D eigenvalue weighted by Crippen LogP contribution is 2.11. The molecule has 1 amide bonds. The molecule has 0 aliphatic carbocycles. The average molecular weight is 260 g/mol. The normalized spacial score (nSPS) is 10.6. The van der Waals surface area contributed by atoms with Crippen molar-refractivity contribution in [2.24, 2.45) is 0 Å². The van der Waals surface area contributed by atoms with Crippen LogP contribution in [0.25, 0.3) is 0 Å². The molecule has 0 radical (unpaired) electrons. The molecule has 6 nitrogen and oxygen atoms in total. The highest BCUT2D eigenvalue weighted by molar-refractivity contribution is 6.06. The zero-order valence-electron chi connectivity index (χ0n) is 10.4. The van der Waals surface area contributed by atoms with E-state index in [9.17, 15) is 4.79 Å². The molecule has 19 heavy (non-hydrogen) atoms. The van der Waals surface area contributed by atoms with Gasteiger partial charge in [-0.25, -0.2) is 0 Å². The molecule has 0 fully saturated rings. The van der Waals surface area contributed by atoms with Gasteiger partial charge in [0, 0.05) is 30.7 Å². The van der Waals surface area contributed by atoms with Crippen LogP contribution in [-0.4, -0.2) is 24.2 Å². The summed E-state index contributed by atoms with van der Waals surface area (Å²) in [4.78, 5) is 11.8. The summed E-state index contributed by atoms with van der Waals surface area (Å²) in [5.74, 6) is -0.497. The van der Waals surface area contributed by atoms with Crippen molar-refractivity contribution in [3.05, 3.63) is 36.0 Å². The van der Waals surface area contributed by atoms with Crippen LogP contribution in [0.5, 0.6) is 0 Å². The van der Waals surface area contributed by atoms with E-state index < -0.39 is 5.91 Å². The molecule has 1 rings (SSSR count). The van der Waals surface area contributed by atoms with Crippen molar-refractivity contribution in [2.45, 2.75) is 6.42 Å². The van der Waals surface area contributed by atoms with Gasteiger partial charge in [0.05, 0.1) is 0 Å². The van der Waals surface area contributed by atoms with Crippen LogP contribution in [0, 0.1) is 11.3 Å². The summed E-state index contributed by atoms with van der Waals surface area (Å²) in [6.45, 7) is 0.553. The zero-order valence-corrected chi connectivity index (χ0v) is 10.4. The van der Waals surface area contributed by atoms with Crippen LogP contribution in [-0.2, 0) is 4.79 Å². The van der Waals surface area contributed by atoms with E-state index in [2.05, 4.69) is 10.6 Å². The highest BCUT2D eigenvalue weighted by atomic mass is 16.3. The maximum atomic E-state index is 11.8.